The highest BCUT2D eigenvalue weighted by molar-refractivity contribution is 5.44. The molecule has 3 heteroatoms. The second-order valence-corrected chi connectivity index (χ2v) is 5.99. The molecule has 2 aliphatic heterocycles. The molecule has 0 bridgehead atoms. The van der Waals surface area contributed by atoms with Crippen molar-refractivity contribution in [3.05, 3.63) is 65.2 Å². The first kappa shape index (κ1) is 12.9. The van der Waals surface area contributed by atoms with E-state index in [9.17, 15) is 5.11 Å². The number of hydrogen-bond acceptors (Lipinski definition) is 3. The Hall–Kier alpha value is -1.84. The fourth-order valence-electron chi connectivity index (χ4n) is 3.76. The van der Waals surface area contributed by atoms with Gasteiger partial charge in [0, 0.05) is 38.1 Å². The molecule has 0 aliphatic carbocycles. The van der Waals surface area contributed by atoms with Crippen LogP contribution in [-0.2, 0) is 0 Å². The largest absolute Gasteiger partial charge is 0.508 e. The second-order valence-electron chi connectivity index (χ2n) is 5.99. The summed E-state index contributed by atoms with van der Waals surface area (Å²) >= 11 is 0. The summed E-state index contributed by atoms with van der Waals surface area (Å²) in [7, 11) is 0. The SMILES string of the molecule is Oc1cccc([C@@H]2CN3CCNC[C@H]3c3ccccc32)c1. The van der Waals surface area contributed by atoms with Gasteiger partial charge in [-0.15, -0.1) is 0 Å². The summed E-state index contributed by atoms with van der Waals surface area (Å²) in [5, 5.41) is 13.3. The van der Waals surface area contributed by atoms with Crippen LogP contribution >= 0.6 is 0 Å². The summed E-state index contributed by atoms with van der Waals surface area (Å²) in [4.78, 5) is 2.58. The maximum absolute atomic E-state index is 9.80. The maximum Gasteiger partial charge on any atom is 0.115 e. The van der Waals surface area contributed by atoms with E-state index in [0.29, 0.717) is 17.7 Å². The average molecular weight is 280 g/mol. The van der Waals surface area contributed by atoms with Gasteiger partial charge in [0.05, 0.1) is 0 Å². The molecule has 2 aromatic rings. The van der Waals surface area contributed by atoms with E-state index in [1.54, 1.807) is 6.07 Å². The van der Waals surface area contributed by atoms with E-state index in [2.05, 4.69) is 40.5 Å². The smallest absolute Gasteiger partial charge is 0.115 e. The average Bonchev–Trinajstić information content (AvgIpc) is 2.54. The van der Waals surface area contributed by atoms with E-state index in [1.165, 1.54) is 16.7 Å². The zero-order valence-electron chi connectivity index (χ0n) is 12.0. The number of nitrogens with one attached hydrogen (secondary N) is 1. The van der Waals surface area contributed by atoms with Crippen molar-refractivity contribution in [2.45, 2.75) is 12.0 Å². The van der Waals surface area contributed by atoms with Crippen LogP contribution in [0, 0.1) is 0 Å². The van der Waals surface area contributed by atoms with Crippen LogP contribution in [0.3, 0.4) is 0 Å². The molecule has 0 saturated carbocycles. The van der Waals surface area contributed by atoms with Crippen molar-refractivity contribution in [3.63, 3.8) is 0 Å². The molecule has 2 aromatic carbocycles. The maximum atomic E-state index is 9.80. The number of piperazine rings is 1. The van der Waals surface area contributed by atoms with E-state index < -0.39 is 0 Å². The Morgan fingerprint density at radius 2 is 1.90 bits per heavy atom. The molecule has 1 fully saturated rings. The van der Waals surface area contributed by atoms with Crippen molar-refractivity contribution in [3.8, 4) is 5.75 Å². The van der Waals surface area contributed by atoms with Crippen LogP contribution < -0.4 is 5.32 Å². The van der Waals surface area contributed by atoms with Crippen LogP contribution in [0.15, 0.2) is 48.5 Å². The predicted molar refractivity (Wildman–Crippen MR) is 83.6 cm³/mol. The first-order valence-electron chi connectivity index (χ1n) is 7.65. The molecule has 3 nitrogen and oxygen atoms in total. The van der Waals surface area contributed by atoms with Crippen LogP contribution in [0.25, 0.3) is 0 Å². The van der Waals surface area contributed by atoms with E-state index in [-0.39, 0.29) is 0 Å². The van der Waals surface area contributed by atoms with Gasteiger partial charge in [-0.05, 0) is 28.8 Å². The third kappa shape index (κ3) is 2.23. The minimum Gasteiger partial charge on any atom is -0.508 e. The minimum absolute atomic E-state index is 0.350. The van der Waals surface area contributed by atoms with Gasteiger partial charge < -0.3 is 10.4 Å². The standard InChI is InChI=1S/C18H20N2O/c21-14-5-3-4-13(10-14)17-12-20-9-8-19-11-18(20)16-7-2-1-6-15(16)17/h1-7,10,17-19,21H,8-9,11-12H2/t17-,18-/m0/s1. The number of hydrogen-bond donors (Lipinski definition) is 2. The lowest BCUT2D eigenvalue weighted by Gasteiger charge is -2.44. The monoisotopic (exact) mass is 280 g/mol. The fraction of sp³-hybridized carbons (Fsp3) is 0.333. The summed E-state index contributed by atoms with van der Waals surface area (Å²) in [6.45, 7) is 4.22. The summed E-state index contributed by atoms with van der Waals surface area (Å²) < 4.78 is 0. The third-order valence-electron chi connectivity index (χ3n) is 4.77. The molecule has 0 amide bonds. The summed E-state index contributed by atoms with van der Waals surface area (Å²) in [5.41, 5.74) is 4.05. The van der Waals surface area contributed by atoms with Crippen molar-refractivity contribution < 1.29 is 5.11 Å². The zero-order chi connectivity index (χ0) is 14.2. The Kier molecular flexibility index (Phi) is 3.17. The van der Waals surface area contributed by atoms with Crippen molar-refractivity contribution >= 4 is 0 Å². The van der Waals surface area contributed by atoms with Gasteiger partial charge in [0.15, 0.2) is 0 Å². The molecule has 0 unspecified atom stereocenters. The van der Waals surface area contributed by atoms with Gasteiger partial charge in [0.25, 0.3) is 0 Å². The van der Waals surface area contributed by atoms with E-state index in [4.69, 9.17) is 0 Å². The molecule has 0 spiro atoms. The van der Waals surface area contributed by atoms with Gasteiger partial charge in [0.1, 0.15) is 5.75 Å². The third-order valence-corrected chi connectivity index (χ3v) is 4.77. The normalized spacial score (nSPS) is 25.1. The van der Waals surface area contributed by atoms with Crippen LogP contribution in [0.4, 0.5) is 0 Å². The number of phenolic OH excluding ortho intramolecular Hbond substituents is 1. The molecule has 2 N–H and O–H groups in total. The Morgan fingerprint density at radius 3 is 2.76 bits per heavy atom. The first-order chi connectivity index (χ1) is 10.3. The molecule has 0 radical (unpaired) electrons. The highest BCUT2D eigenvalue weighted by Gasteiger charge is 2.34. The fourth-order valence-corrected chi connectivity index (χ4v) is 3.76. The van der Waals surface area contributed by atoms with Gasteiger partial charge in [-0.2, -0.15) is 0 Å². The van der Waals surface area contributed by atoms with E-state index in [1.807, 2.05) is 12.1 Å². The van der Waals surface area contributed by atoms with Gasteiger partial charge in [-0.3, -0.25) is 4.90 Å². The summed E-state index contributed by atoms with van der Waals surface area (Å²) in [6.07, 6.45) is 0. The van der Waals surface area contributed by atoms with E-state index in [0.717, 1.165) is 26.2 Å². The summed E-state index contributed by atoms with van der Waals surface area (Å²) in [5.74, 6) is 0.704. The Labute approximate surface area is 125 Å². The second kappa shape index (κ2) is 5.17. The van der Waals surface area contributed by atoms with Crippen molar-refractivity contribution in [2.75, 3.05) is 26.2 Å². The lowest BCUT2D eigenvalue weighted by molar-refractivity contribution is 0.143. The van der Waals surface area contributed by atoms with Crippen LogP contribution in [0.1, 0.15) is 28.7 Å². The summed E-state index contributed by atoms with van der Waals surface area (Å²) in [6, 6.07) is 17.0. The Balaban J connectivity index is 1.81. The van der Waals surface area contributed by atoms with Gasteiger partial charge >= 0.3 is 0 Å². The molecular formula is C18H20N2O. The first-order valence-corrected chi connectivity index (χ1v) is 7.65. The number of fused-ring (bicyclic) bond motifs is 3. The molecule has 2 atom stereocenters. The Morgan fingerprint density at radius 1 is 1.05 bits per heavy atom. The molecular weight excluding hydrogens is 260 g/mol. The predicted octanol–water partition coefficient (Wildman–Crippen LogP) is 2.48. The minimum atomic E-state index is 0.350. The number of aromatic hydroxyl groups is 1. The molecule has 2 heterocycles. The van der Waals surface area contributed by atoms with E-state index >= 15 is 0 Å². The molecule has 4 rings (SSSR count). The number of phenols is 1. The van der Waals surface area contributed by atoms with Gasteiger partial charge in [-0.1, -0.05) is 36.4 Å². The van der Waals surface area contributed by atoms with Gasteiger partial charge in [-0.25, -0.2) is 0 Å². The van der Waals surface area contributed by atoms with Crippen molar-refractivity contribution in [1.29, 1.82) is 0 Å². The van der Waals surface area contributed by atoms with Crippen molar-refractivity contribution in [2.24, 2.45) is 0 Å². The quantitative estimate of drug-likeness (QED) is 0.842. The topological polar surface area (TPSA) is 35.5 Å². The molecule has 0 aromatic heterocycles. The Bertz CT molecular complexity index is 655. The van der Waals surface area contributed by atoms with Crippen molar-refractivity contribution in [1.82, 2.24) is 10.2 Å². The molecule has 108 valence electrons. The lowest BCUT2D eigenvalue weighted by atomic mass is 9.81. The highest BCUT2D eigenvalue weighted by atomic mass is 16.3. The molecule has 2 aliphatic rings. The van der Waals surface area contributed by atoms with Crippen LogP contribution in [-0.4, -0.2) is 36.2 Å². The zero-order valence-corrected chi connectivity index (χ0v) is 12.0. The number of benzene rings is 2. The molecule has 1 saturated heterocycles. The van der Waals surface area contributed by atoms with Gasteiger partial charge in [0.2, 0.25) is 0 Å². The van der Waals surface area contributed by atoms with Crippen LogP contribution in [0.5, 0.6) is 5.75 Å². The highest BCUT2D eigenvalue weighted by Crippen LogP contribution is 2.40. The number of rotatable bonds is 1. The molecule has 21 heavy (non-hydrogen) atoms. The lowest BCUT2D eigenvalue weighted by Crippen LogP contribution is -2.50. The van der Waals surface area contributed by atoms with Crippen LogP contribution in [0.2, 0.25) is 0 Å². The number of nitrogens with zero attached hydrogens (tertiary/aromatic N) is 1.